The average molecular weight is 334 g/mol. The lowest BCUT2D eigenvalue weighted by Crippen LogP contribution is -2.07. The molecule has 6 heteroatoms. The number of H-pyrrole nitrogens is 1. The van der Waals surface area contributed by atoms with Crippen LogP contribution >= 0.6 is 11.8 Å². The number of thioether (sulfide) groups is 1. The Morgan fingerprint density at radius 3 is 2.13 bits per heavy atom. The first-order valence-corrected chi connectivity index (χ1v) is 8.08. The molecule has 0 unspecified atom stereocenters. The van der Waals surface area contributed by atoms with Gasteiger partial charge in [0.1, 0.15) is 0 Å². The highest BCUT2D eigenvalue weighted by Gasteiger charge is 2.36. The predicted molar refractivity (Wildman–Crippen MR) is 86.2 cm³/mol. The SMILES string of the molecule is CSc1ccc(-c2[nH]c(C(F)(F)F)nc2-c2ccccc2)cc1. The maximum absolute atomic E-state index is 13.0. The number of hydrogen-bond donors (Lipinski definition) is 1. The van der Waals surface area contributed by atoms with Crippen LogP contribution in [-0.2, 0) is 6.18 Å². The summed E-state index contributed by atoms with van der Waals surface area (Å²) in [6.45, 7) is 0. The minimum absolute atomic E-state index is 0.301. The van der Waals surface area contributed by atoms with E-state index in [1.165, 1.54) is 0 Å². The fraction of sp³-hybridized carbons (Fsp3) is 0.118. The van der Waals surface area contributed by atoms with Gasteiger partial charge in [-0.1, -0.05) is 42.5 Å². The maximum Gasteiger partial charge on any atom is 0.449 e. The largest absolute Gasteiger partial charge is 0.449 e. The van der Waals surface area contributed by atoms with E-state index in [1.54, 1.807) is 48.2 Å². The Labute approximate surface area is 135 Å². The van der Waals surface area contributed by atoms with Crippen LogP contribution < -0.4 is 0 Å². The Balaban J connectivity index is 2.15. The summed E-state index contributed by atoms with van der Waals surface area (Å²) in [5.74, 6) is -0.986. The van der Waals surface area contributed by atoms with E-state index in [-0.39, 0.29) is 0 Å². The molecule has 0 aliphatic heterocycles. The summed E-state index contributed by atoms with van der Waals surface area (Å²) >= 11 is 1.58. The highest BCUT2D eigenvalue weighted by molar-refractivity contribution is 7.98. The first kappa shape index (κ1) is 15.7. The third-order valence-corrected chi connectivity index (χ3v) is 4.14. The van der Waals surface area contributed by atoms with Crippen molar-refractivity contribution in [1.82, 2.24) is 9.97 Å². The zero-order valence-corrected chi connectivity index (χ0v) is 13.0. The molecule has 0 aliphatic rings. The fourth-order valence-corrected chi connectivity index (χ4v) is 2.69. The van der Waals surface area contributed by atoms with Crippen molar-refractivity contribution in [2.24, 2.45) is 0 Å². The number of alkyl halides is 3. The van der Waals surface area contributed by atoms with Gasteiger partial charge in [0.15, 0.2) is 0 Å². The van der Waals surface area contributed by atoms with E-state index in [9.17, 15) is 13.2 Å². The van der Waals surface area contributed by atoms with E-state index in [2.05, 4.69) is 9.97 Å². The second-order valence-electron chi connectivity index (χ2n) is 4.90. The topological polar surface area (TPSA) is 28.7 Å². The normalized spacial score (nSPS) is 11.7. The Morgan fingerprint density at radius 1 is 0.913 bits per heavy atom. The number of hydrogen-bond acceptors (Lipinski definition) is 2. The second kappa shape index (κ2) is 6.12. The third-order valence-electron chi connectivity index (χ3n) is 3.40. The molecule has 0 saturated carbocycles. The third kappa shape index (κ3) is 3.27. The predicted octanol–water partition coefficient (Wildman–Crippen LogP) is 5.48. The first-order valence-electron chi connectivity index (χ1n) is 6.86. The first-order chi connectivity index (χ1) is 11.0. The van der Waals surface area contributed by atoms with E-state index in [4.69, 9.17) is 0 Å². The molecule has 118 valence electrons. The number of aromatic amines is 1. The van der Waals surface area contributed by atoms with Crippen molar-refractivity contribution in [2.75, 3.05) is 6.26 Å². The van der Waals surface area contributed by atoms with Crippen LogP contribution in [0.4, 0.5) is 13.2 Å². The molecule has 1 aromatic heterocycles. The van der Waals surface area contributed by atoms with Gasteiger partial charge in [-0.2, -0.15) is 13.2 Å². The van der Waals surface area contributed by atoms with Gasteiger partial charge in [-0.3, -0.25) is 0 Å². The second-order valence-corrected chi connectivity index (χ2v) is 5.78. The zero-order chi connectivity index (χ0) is 16.4. The molecule has 0 bridgehead atoms. The standard InChI is InChI=1S/C17H13F3N2S/c1-23-13-9-7-12(8-10-13)15-14(11-5-3-2-4-6-11)21-16(22-15)17(18,19)20/h2-10H,1H3,(H,21,22). The monoisotopic (exact) mass is 334 g/mol. The van der Waals surface area contributed by atoms with Crippen molar-refractivity contribution < 1.29 is 13.2 Å². The van der Waals surface area contributed by atoms with Crippen LogP contribution in [0.15, 0.2) is 59.5 Å². The fourth-order valence-electron chi connectivity index (χ4n) is 2.28. The number of nitrogens with one attached hydrogen (secondary N) is 1. The molecule has 0 saturated heterocycles. The van der Waals surface area contributed by atoms with Gasteiger partial charge in [-0.05, 0) is 18.4 Å². The smallest absolute Gasteiger partial charge is 0.334 e. The van der Waals surface area contributed by atoms with Gasteiger partial charge in [-0.15, -0.1) is 11.8 Å². The summed E-state index contributed by atoms with van der Waals surface area (Å²) in [7, 11) is 0. The summed E-state index contributed by atoms with van der Waals surface area (Å²) in [5, 5.41) is 0. The summed E-state index contributed by atoms with van der Waals surface area (Å²) in [5.41, 5.74) is 1.99. The van der Waals surface area contributed by atoms with Crippen molar-refractivity contribution in [3.8, 4) is 22.5 Å². The summed E-state index contributed by atoms with van der Waals surface area (Å²) in [4.78, 5) is 7.26. The minimum atomic E-state index is -4.51. The van der Waals surface area contributed by atoms with Crippen molar-refractivity contribution in [3.05, 3.63) is 60.4 Å². The van der Waals surface area contributed by atoms with Crippen LogP contribution in [0.25, 0.3) is 22.5 Å². The number of rotatable bonds is 3. The van der Waals surface area contributed by atoms with Gasteiger partial charge in [0, 0.05) is 16.0 Å². The minimum Gasteiger partial charge on any atom is -0.334 e. The summed E-state index contributed by atoms with van der Waals surface area (Å²) in [6.07, 6.45) is -2.57. The van der Waals surface area contributed by atoms with E-state index in [0.29, 0.717) is 22.5 Å². The number of imidazole rings is 1. The maximum atomic E-state index is 13.0. The molecule has 1 heterocycles. The Morgan fingerprint density at radius 2 is 1.57 bits per heavy atom. The Bertz CT molecular complexity index is 793. The molecule has 1 N–H and O–H groups in total. The van der Waals surface area contributed by atoms with Gasteiger partial charge in [0.25, 0.3) is 0 Å². The zero-order valence-electron chi connectivity index (χ0n) is 12.2. The molecule has 23 heavy (non-hydrogen) atoms. The van der Waals surface area contributed by atoms with E-state index in [0.717, 1.165) is 4.90 Å². The van der Waals surface area contributed by atoms with Gasteiger partial charge < -0.3 is 4.98 Å². The van der Waals surface area contributed by atoms with E-state index in [1.807, 2.05) is 24.5 Å². The van der Waals surface area contributed by atoms with Crippen molar-refractivity contribution >= 4 is 11.8 Å². The van der Waals surface area contributed by atoms with Gasteiger partial charge in [-0.25, -0.2) is 4.98 Å². The average Bonchev–Trinajstić information content (AvgIpc) is 3.01. The quantitative estimate of drug-likeness (QED) is 0.642. The van der Waals surface area contributed by atoms with Crippen molar-refractivity contribution in [1.29, 1.82) is 0 Å². The van der Waals surface area contributed by atoms with Crippen LogP contribution in [0.2, 0.25) is 0 Å². The van der Waals surface area contributed by atoms with Crippen molar-refractivity contribution in [2.45, 2.75) is 11.1 Å². The molecular formula is C17H13F3N2S. The Kier molecular flexibility index (Phi) is 4.17. The lowest BCUT2D eigenvalue weighted by atomic mass is 10.1. The molecule has 0 radical (unpaired) electrons. The summed E-state index contributed by atoms with van der Waals surface area (Å²) < 4.78 is 39.1. The molecule has 0 amide bonds. The highest BCUT2D eigenvalue weighted by atomic mass is 32.2. The number of benzene rings is 2. The number of aromatic nitrogens is 2. The van der Waals surface area contributed by atoms with Crippen LogP contribution in [0, 0.1) is 0 Å². The molecule has 0 atom stereocenters. The van der Waals surface area contributed by atoms with Gasteiger partial charge >= 0.3 is 6.18 Å². The van der Waals surface area contributed by atoms with Crippen LogP contribution in [0.5, 0.6) is 0 Å². The summed E-state index contributed by atoms with van der Waals surface area (Å²) in [6, 6.07) is 16.2. The van der Waals surface area contributed by atoms with Gasteiger partial charge in [0.05, 0.1) is 11.4 Å². The molecule has 3 rings (SSSR count). The lowest BCUT2D eigenvalue weighted by Gasteiger charge is -2.04. The van der Waals surface area contributed by atoms with E-state index >= 15 is 0 Å². The molecular weight excluding hydrogens is 321 g/mol. The van der Waals surface area contributed by atoms with Gasteiger partial charge in [0.2, 0.25) is 5.82 Å². The van der Waals surface area contributed by atoms with Crippen LogP contribution in [-0.4, -0.2) is 16.2 Å². The van der Waals surface area contributed by atoms with E-state index < -0.39 is 12.0 Å². The molecule has 0 aliphatic carbocycles. The molecule has 3 aromatic rings. The number of halogens is 3. The van der Waals surface area contributed by atoms with Crippen molar-refractivity contribution in [3.63, 3.8) is 0 Å². The number of nitrogens with zero attached hydrogens (tertiary/aromatic N) is 1. The highest BCUT2D eigenvalue weighted by Crippen LogP contribution is 2.35. The molecule has 0 fully saturated rings. The lowest BCUT2D eigenvalue weighted by molar-refractivity contribution is -0.144. The van der Waals surface area contributed by atoms with Crippen LogP contribution in [0.3, 0.4) is 0 Å². The van der Waals surface area contributed by atoms with Crippen LogP contribution in [0.1, 0.15) is 5.82 Å². The molecule has 2 aromatic carbocycles. The molecule has 0 spiro atoms. The molecule has 2 nitrogen and oxygen atoms in total. The Hall–Kier alpha value is -2.21.